The van der Waals surface area contributed by atoms with Gasteiger partial charge in [-0.1, -0.05) is 25.1 Å². The average Bonchev–Trinajstić information content (AvgIpc) is 3.07. The van der Waals surface area contributed by atoms with Crippen molar-refractivity contribution in [1.82, 2.24) is 9.80 Å². The summed E-state index contributed by atoms with van der Waals surface area (Å²) in [5, 5.41) is 0. The van der Waals surface area contributed by atoms with E-state index in [9.17, 15) is 9.59 Å². The largest absolute Gasteiger partial charge is 0.497 e. The van der Waals surface area contributed by atoms with Crippen LogP contribution in [0.25, 0.3) is 0 Å². The third-order valence-electron chi connectivity index (χ3n) is 5.48. The summed E-state index contributed by atoms with van der Waals surface area (Å²) in [7, 11) is 1.64. The fourth-order valence-electron chi connectivity index (χ4n) is 3.69. The van der Waals surface area contributed by atoms with Gasteiger partial charge in [0.25, 0.3) is 5.91 Å². The normalized spacial score (nSPS) is 14.1. The number of carbonyl (C=O) groups excluding carboxylic acids is 2. The van der Waals surface area contributed by atoms with E-state index in [0.29, 0.717) is 51.2 Å². The molecule has 2 aromatic rings. The standard InChI is InChI=1S/C25H32N2O4/c1-3-18-31-23-7-4-6-21(19-23)25(29)27-15-5-14-26(16-17-27)24(28)13-10-20-8-11-22(30-2)12-9-20/h4,6-9,11-12,19H,3,5,10,13-18H2,1-2H3. The first-order chi connectivity index (χ1) is 15.1. The third-order valence-corrected chi connectivity index (χ3v) is 5.48. The van der Waals surface area contributed by atoms with Gasteiger partial charge in [0.05, 0.1) is 13.7 Å². The Hall–Kier alpha value is -3.02. The van der Waals surface area contributed by atoms with E-state index in [1.807, 2.05) is 52.3 Å². The van der Waals surface area contributed by atoms with Crippen molar-refractivity contribution in [3.8, 4) is 11.5 Å². The lowest BCUT2D eigenvalue weighted by Crippen LogP contribution is -2.37. The van der Waals surface area contributed by atoms with E-state index in [1.165, 1.54) is 0 Å². The van der Waals surface area contributed by atoms with Crippen LogP contribution in [0.4, 0.5) is 0 Å². The van der Waals surface area contributed by atoms with E-state index in [0.717, 1.165) is 29.9 Å². The van der Waals surface area contributed by atoms with Gasteiger partial charge in [0, 0.05) is 38.2 Å². The van der Waals surface area contributed by atoms with Crippen molar-refractivity contribution in [2.75, 3.05) is 39.9 Å². The molecule has 6 heteroatoms. The molecule has 0 bridgehead atoms. The molecule has 0 saturated carbocycles. The Morgan fingerprint density at radius 1 is 0.935 bits per heavy atom. The van der Waals surface area contributed by atoms with Gasteiger partial charge in [0.2, 0.25) is 5.91 Å². The molecule has 3 rings (SSSR count). The predicted octanol–water partition coefficient (Wildman–Crippen LogP) is 3.79. The molecule has 6 nitrogen and oxygen atoms in total. The van der Waals surface area contributed by atoms with Crippen molar-refractivity contribution < 1.29 is 19.1 Å². The lowest BCUT2D eigenvalue weighted by atomic mass is 10.1. The van der Waals surface area contributed by atoms with Gasteiger partial charge in [-0.2, -0.15) is 0 Å². The van der Waals surface area contributed by atoms with E-state index in [-0.39, 0.29) is 11.8 Å². The molecule has 0 atom stereocenters. The number of aryl methyl sites for hydroxylation is 1. The SMILES string of the molecule is CCCOc1cccc(C(=O)N2CCCN(C(=O)CCc3ccc(OC)cc3)CC2)c1. The van der Waals surface area contributed by atoms with Crippen LogP contribution < -0.4 is 9.47 Å². The number of hydrogen-bond acceptors (Lipinski definition) is 4. The van der Waals surface area contributed by atoms with Crippen LogP contribution in [-0.2, 0) is 11.2 Å². The maximum atomic E-state index is 13.0. The summed E-state index contributed by atoms with van der Waals surface area (Å²) in [5.74, 6) is 1.67. The van der Waals surface area contributed by atoms with Crippen LogP contribution in [0.15, 0.2) is 48.5 Å². The van der Waals surface area contributed by atoms with E-state index in [1.54, 1.807) is 13.2 Å². The van der Waals surface area contributed by atoms with Crippen LogP contribution in [0.5, 0.6) is 11.5 Å². The zero-order valence-electron chi connectivity index (χ0n) is 18.5. The summed E-state index contributed by atoms with van der Waals surface area (Å²) in [4.78, 5) is 29.4. The Balaban J connectivity index is 1.52. The molecule has 1 saturated heterocycles. The zero-order valence-corrected chi connectivity index (χ0v) is 18.5. The van der Waals surface area contributed by atoms with Gasteiger partial charge in [-0.25, -0.2) is 0 Å². The molecular weight excluding hydrogens is 392 g/mol. The monoisotopic (exact) mass is 424 g/mol. The summed E-state index contributed by atoms with van der Waals surface area (Å²) in [5.41, 5.74) is 1.75. The first-order valence-electron chi connectivity index (χ1n) is 11.0. The molecular formula is C25H32N2O4. The molecule has 1 aliphatic heterocycles. The molecule has 0 aromatic heterocycles. The number of ether oxygens (including phenoxy) is 2. The maximum Gasteiger partial charge on any atom is 0.254 e. The molecule has 0 radical (unpaired) electrons. The molecule has 0 unspecified atom stereocenters. The highest BCUT2D eigenvalue weighted by Crippen LogP contribution is 2.17. The molecule has 0 aliphatic carbocycles. The Labute approximate surface area is 184 Å². The van der Waals surface area contributed by atoms with Crippen LogP contribution in [0, 0.1) is 0 Å². The van der Waals surface area contributed by atoms with Gasteiger partial charge < -0.3 is 19.3 Å². The Morgan fingerprint density at radius 2 is 1.68 bits per heavy atom. The zero-order chi connectivity index (χ0) is 22.1. The van der Waals surface area contributed by atoms with Crippen LogP contribution >= 0.6 is 0 Å². The minimum absolute atomic E-state index is 0.00511. The van der Waals surface area contributed by atoms with Crippen LogP contribution in [-0.4, -0.2) is 61.5 Å². The Morgan fingerprint density at radius 3 is 2.42 bits per heavy atom. The van der Waals surface area contributed by atoms with E-state index in [4.69, 9.17) is 9.47 Å². The van der Waals surface area contributed by atoms with Crippen molar-refractivity contribution in [3.05, 3.63) is 59.7 Å². The average molecular weight is 425 g/mol. The fraction of sp³-hybridized carbons (Fsp3) is 0.440. The van der Waals surface area contributed by atoms with Crippen LogP contribution in [0.1, 0.15) is 42.1 Å². The number of nitrogens with zero attached hydrogens (tertiary/aromatic N) is 2. The highest BCUT2D eigenvalue weighted by atomic mass is 16.5. The quantitative estimate of drug-likeness (QED) is 0.647. The number of hydrogen-bond donors (Lipinski definition) is 0. The second kappa shape index (κ2) is 11.4. The summed E-state index contributed by atoms with van der Waals surface area (Å²) >= 11 is 0. The Kier molecular flexibility index (Phi) is 8.33. The first kappa shape index (κ1) is 22.7. The van der Waals surface area contributed by atoms with Crippen molar-refractivity contribution >= 4 is 11.8 Å². The summed E-state index contributed by atoms with van der Waals surface area (Å²) in [6, 6.07) is 15.2. The maximum absolute atomic E-state index is 13.0. The smallest absolute Gasteiger partial charge is 0.254 e. The molecule has 2 amide bonds. The van der Waals surface area contributed by atoms with Crippen LogP contribution in [0.2, 0.25) is 0 Å². The van der Waals surface area contributed by atoms with Crippen molar-refractivity contribution in [2.45, 2.75) is 32.6 Å². The molecule has 1 heterocycles. The van der Waals surface area contributed by atoms with Gasteiger partial charge in [-0.3, -0.25) is 9.59 Å². The summed E-state index contributed by atoms with van der Waals surface area (Å²) in [6.07, 6.45) is 2.88. The number of carbonyl (C=O) groups is 2. The number of methoxy groups -OCH3 is 1. The highest BCUT2D eigenvalue weighted by Gasteiger charge is 2.23. The number of benzene rings is 2. The lowest BCUT2D eigenvalue weighted by Gasteiger charge is -2.22. The molecule has 1 aliphatic rings. The lowest BCUT2D eigenvalue weighted by molar-refractivity contribution is -0.131. The Bertz CT molecular complexity index is 866. The first-order valence-corrected chi connectivity index (χ1v) is 11.0. The molecule has 0 N–H and O–H groups in total. The molecule has 2 aromatic carbocycles. The minimum Gasteiger partial charge on any atom is -0.497 e. The van der Waals surface area contributed by atoms with Crippen LogP contribution in [0.3, 0.4) is 0 Å². The second-order valence-corrected chi connectivity index (χ2v) is 7.75. The van der Waals surface area contributed by atoms with Gasteiger partial charge in [0.15, 0.2) is 0 Å². The highest BCUT2D eigenvalue weighted by molar-refractivity contribution is 5.94. The molecule has 31 heavy (non-hydrogen) atoms. The molecule has 1 fully saturated rings. The minimum atomic E-state index is -0.00511. The molecule has 166 valence electrons. The third kappa shape index (κ3) is 6.48. The van der Waals surface area contributed by atoms with Crippen molar-refractivity contribution in [3.63, 3.8) is 0 Å². The van der Waals surface area contributed by atoms with E-state index < -0.39 is 0 Å². The van der Waals surface area contributed by atoms with Gasteiger partial charge in [-0.15, -0.1) is 0 Å². The fourth-order valence-corrected chi connectivity index (χ4v) is 3.69. The van der Waals surface area contributed by atoms with Gasteiger partial charge in [-0.05, 0) is 55.2 Å². The number of rotatable bonds is 8. The van der Waals surface area contributed by atoms with E-state index in [2.05, 4.69) is 6.92 Å². The van der Waals surface area contributed by atoms with E-state index >= 15 is 0 Å². The topological polar surface area (TPSA) is 59.1 Å². The second-order valence-electron chi connectivity index (χ2n) is 7.75. The number of amides is 2. The van der Waals surface area contributed by atoms with Crippen molar-refractivity contribution in [1.29, 1.82) is 0 Å². The van der Waals surface area contributed by atoms with Gasteiger partial charge in [0.1, 0.15) is 11.5 Å². The van der Waals surface area contributed by atoms with Gasteiger partial charge >= 0.3 is 0 Å². The molecule has 0 spiro atoms. The predicted molar refractivity (Wildman–Crippen MR) is 121 cm³/mol. The van der Waals surface area contributed by atoms with Crippen molar-refractivity contribution in [2.24, 2.45) is 0 Å². The summed E-state index contributed by atoms with van der Waals surface area (Å²) < 4.78 is 10.8. The summed E-state index contributed by atoms with van der Waals surface area (Å²) in [6.45, 7) is 5.14.